The Hall–Kier alpha value is -1.66. The van der Waals surface area contributed by atoms with Gasteiger partial charge in [-0.2, -0.15) is 0 Å². The average molecular weight is 277 g/mol. The summed E-state index contributed by atoms with van der Waals surface area (Å²) in [4.78, 5) is 20.6. The Labute approximate surface area is 118 Å². The van der Waals surface area contributed by atoms with E-state index in [-0.39, 0.29) is 25.1 Å². The molecule has 6 heteroatoms. The van der Waals surface area contributed by atoms with Crippen molar-refractivity contribution in [2.45, 2.75) is 19.4 Å². The van der Waals surface area contributed by atoms with Crippen LogP contribution in [0.2, 0.25) is 0 Å². The van der Waals surface area contributed by atoms with Gasteiger partial charge in [-0.1, -0.05) is 0 Å². The quantitative estimate of drug-likeness (QED) is 0.843. The number of aliphatic hydroxyl groups is 1. The van der Waals surface area contributed by atoms with E-state index < -0.39 is 0 Å². The molecule has 0 unspecified atom stereocenters. The van der Waals surface area contributed by atoms with E-state index in [4.69, 9.17) is 4.74 Å². The fourth-order valence-corrected chi connectivity index (χ4v) is 2.87. The van der Waals surface area contributed by atoms with E-state index in [2.05, 4.69) is 16.0 Å². The van der Waals surface area contributed by atoms with Gasteiger partial charge in [0.05, 0.1) is 38.1 Å². The highest BCUT2D eigenvalue weighted by atomic mass is 16.5. The van der Waals surface area contributed by atoms with Crippen molar-refractivity contribution < 1.29 is 14.6 Å². The van der Waals surface area contributed by atoms with Crippen molar-refractivity contribution in [3.8, 4) is 0 Å². The molecule has 0 saturated carbocycles. The van der Waals surface area contributed by atoms with Crippen LogP contribution in [-0.4, -0.2) is 54.9 Å². The number of morpholine rings is 1. The molecule has 3 heterocycles. The number of nitrogens with zero attached hydrogens (tertiary/aromatic N) is 3. The lowest BCUT2D eigenvalue weighted by Crippen LogP contribution is -2.46. The van der Waals surface area contributed by atoms with Crippen molar-refractivity contribution in [1.82, 2.24) is 4.98 Å². The van der Waals surface area contributed by atoms with E-state index in [9.17, 15) is 9.90 Å². The lowest BCUT2D eigenvalue weighted by atomic mass is 10.1. The summed E-state index contributed by atoms with van der Waals surface area (Å²) >= 11 is 0. The van der Waals surface area contributed by atoms with Crippen LogP contribution >= 0.6 is 0 Å². The Kier molecular flexibility index (Phi) is 3.58. The van der Waals surface area contributed by atoms with Gasteiger partial charge < -0.3 is 14.7 Å². The maximum absolute atomic E-state index is 12.4. The molecule has 2 aliphatic heterocycles. The summed E-state index contributed by atoms with van der Waals surface area (Å²) in [6.07, 6.45) is 2.16. The van der Waals surface area contributed by atoms with Gasteiger partial charge in [0, 0.05) is 19.2 Å². The molecule has 1 aromatic rings. The van der Waals surface area contributed by atoms with Gasteiger partial charge in [-0.3, -0.25) is 9.69 Å². The number of fused-ring (bicyclic) bond motifs is 3. The highest BCUT2D eigenvalue weighted by molar-refractivity contribution is 5.97. The number of hydrogen-bond acceptors (Lipinski definition) is 5. The monoisotopic (exact) mass is 277 g/mol. The van der Waals surface area contributed by atoms with Gasteiger partial charge in [-0.25, -0.2) is 4.98 Å². The fourth-order valence-electron chi connectivity index (χ4n) is 2.87. The van der Waals surface area contributed by atoms with Crippen LogP contribution in [0.5, 0.6) is 0 Å². The van der Waals surface area contributed by atoms with Crippen molar-refractivity contribution >= 4 is 17.4 Å². The summed E-state index contributed by atoms with van der Waals surface area (Å²) < 4.78 is 5.50. The first-order valence-electron chi connectivity index (χ1n) is 6.93. The lowest BCUT2D eigenvalue weighted by molar-refractivity contribution is -0.119. The molecule has 0 aliphatic carbocycles. The number of aliphatic hydroxyl groups excluding tert-OH is 1. The molecule has 1 fully saturated rings. The maximum atomic E-state index is 12.4. The number of anilines is 2. The maximum Gasteiger partial charge on any atom is 0.230 e. The molecule has 1 saturated heterocycles. The number of rotatable bonds is 2. The van der Waals surface area contributed by atoms with Crippen LogP contribution in [0.4, 0.5) is 11.5 Å². The predicted octanol–water partition coefficient (Wildman–Crippen LogP) is 0.324. The Bertz CT molecular complexity index is 520. The van der Waals surface area contributed by atoms with Crippen LogP contribution in [0.25, 0.3) is 0 Å². The predicted molar refractivity (Wildman–Crippen MR) is 75.0 cm³/mol. The lowest BCUT2D eigenvalue weighted by Gasteiger charge is -2.35. The molecule has 1 N–H and O–H groups in total. The normalized spacial score (nSPS) is 22.3. The SMILES string of the molecule is Cc1cnc2c(c1)N1CCOC[C@H]1CC(=O)N2CCO. The number of carbonyl (C=O) groups excluding carboxylic acids is 1. The van der Waals surface area contributed by atoms with Gasteiger partial charge in [0.2, 0.25) is 5.91 Å². The molecule has 2 aliphatic rings. The Morgan fingerprint density at radius 2 is 2.40 bits per heavy atom. The third kappa shape index (κ3) is 2.25. The minimum atomic E-state index is -0.0676. The van der Waals surface area contributed by atoms with Crippen molar-refractivity contribution in [3.63, 3.8) is 0 Å². The number of amides is 1. The van der Waals surface area contributed by atoms with Crippen LogP contribution in [0, 0.1) is 6.92 Å². The van der Waals surface area contributed by atoms with E-state index in [1.807, 2.05) is 6.92 Å². The summed E-state index contributed by atoms with van der Waals surface area (Å²) in [6, 6.07) is 2.12. The van der Waals surface area contributed by atoms with Crippen molar-refractivity contribution in [2.75, 3.05) is 42.7 Å². The highest BCUT2D eigenvalue weighted by Crippen LogP contribution is 2.34. The van der Waals surface area contributed by atoms with Gasteiger partial charge in [0.15, 0.2) is 5.82 Å². The number of carbonyl (C=O) groups is 1. The first-order valence-corrected chi connectivity index (χ1v) is 6.93. The van der Waals surface area contributed by atoms with Gasteiger partial charge in [0.1, 0.15) is 0 Å². The zero-order valence-corrected chi connectivity index (χ0v) is 11.6. The van der Waals surface area contributed by atoms with Gasteiger partial charge in [0.25, 0.3) is 0 Å². The summed E-state index contributed by atoms with van der Waals surface area (Å²) in [6.45, 7) is 4.20. The van der Waals surface area contributed by atoms with Crippen LogP contribution in [0.15, 0.2) is 12.3 Å². The minimum absolute atomic E-state index is 0.00495. The van der Waals surface area contributed by atoms with Crippen molar-refractivity contribution in [2.24, 2.45) is 0 Å². The molecule has 0 aromatic carbocycles. The van der Waals surface area contributed by atoms with Gasteiger partial charge in [-0.05, 0) is 18.6 Å². The largest absolute Gasteiger partial charge is 0.395 e. The second-order valence-electron chi connectivity index (χ2n) is 5.25. The van der Waals surface area contributed by atoms with Crippen LogP contribution in [0.3, 0.4) is 0 Å². The minimum Gasteiger partial charge on any atom is -0.395 e. The van der Waals surface area contributed by atoms with E-state index in [1.165, 1.54) is 0 Å². The number of pyridine rings is 1. The zero-order chi connectivity index (χ0) is 14.1. The average Bonchev–Trinajstić information content (AvgIpc) is 2.55. The molecule has 1 amide bonds. The van der Waals surface area contributed by atoms with E-state index in [1.54, 1.807) is 11.1 Å². The molecule has 6 nitrogen and oxygen atoms in total. The number of ether oxygens (including phenoxy) is 1. The van der Waals surface area contributed by atoms with E-state index in [0.29, 0.717) is 25.5 Å². The molecule has 0 radical (unpaired) electrons. The van der Waals surface area contributed by atoms with Gasteiger partial charge >= 0.3 is 0 Å². The smallest absolute Gasteiger partial charge is 0.230 e. The first-order chi connectivity index (χ1) is 9.70. The summed E-state index contributed by atoms with van der Waals surface area (Å²) in [5, 5.41) is 9.21. The number of aromatic nitrogens is 1. The Balaban J connectivity index is 2.08. The molecular weight excluding hydrogens is 258 g/mol. The molecule has 0 spiro atoms. The second kappa shape index (κ2) is 5.38. The van der Waals surface area contributed by atoms with Crippen molar-refractivity contribution in [3.05, 3.63) is 17.8 Å². The Morgan fingerprint density at radius 3 is 3.20 bits per heavy atom. The third-order valence-corrected chi connectivity index (χ3v) is 3.81. The molecule has 1 atom stereocenters. The van der Waals surface area contributed by atoms with Crippen LogP contribution in [0.1, 0.15) is 12.0 Å². The van der Waals surface area contributed by atoms with Crippen LogP contribution < -0.4 is 9.80 Å². The van der Waals surface area contributed by atoms with Crippen molar-refractivity contribution in [1.29, 1.82) is 0 Å². The van der Waals surface area contributed by atoms with E-state index >= 15 is 0 Å². The molecule has 3 rings (SSSR count). The fraction of sp³-hybridized carbons (Fsp3) is 0.571. The van der Waals surface area contributed by atoms with E-state index in [0.717, 1.165) is 17.8 Å². The summed E-state index contributed by atoms with van der Waals surface area (Å²) in [5.74, 6) is 0.647. The standard InChI is InChI=1S/C14H19N3O3/c1-10-6-12-14(15-8-10)17(2-4-18)13(19)7-11-9-20-5-3-16(11)12/h6,8,11,18H,2-5,7,9H2,1H3/t11-/m1/s1. The molecule has 108 valence electrons. The molecule has 0 bridgehead atoms. The molecule has 1 aromatic heterocycles. The van der Waals surface area contributed by atoms with Gasteiger partial charge in [-0.15, -0.1) is 0 Å². The zero-order valence-electron chi connectivity index (χ0n) is 11.6. The highest BCUT2D eigenvalue weighted by Gasteiger charge is 2.35. The molecule has 20 heavy (non-hydrogen) atoms. The number of hydrogen-bond donors (Lipinski definition) is 1. The first kappa shape index (κ1) is 13.3. The third-order valence-electron chi connectivity index (χ3n) is 3.81. The topological polar surface area (TPSA) is 65.9 Å². The Morgan fingerprint density at radius 1 is 1.55 bits per heavy atom. The van der Waals surface area contributed by atoms with Crippen LogP contribution in [-0.2, 0) is 9.53 Å². The number of β-amino-alcohol motifs (C(OH)–C–C–N with tert-alkyl or cyclic N) is 1. The summed E-state index contributed by atoms with van der Waals surface area (Å²) in [7, 11) is 0. The second-order valence-corrected chi connectivity index (χ2v) is 5.25. The number of aryl methyl sites for hydroxylation is 1. The summed E-state index contributed by atoms with van der Waals surface area (Å²) in [5.41, 5.74) is 2.03. The molecular formula is C14H19N3O3.